The first-order valence-electron chi connectivity index (χ1n) is 13.7. The smallest absolute Gasteiger partial charge is 0.309 e. The van der Waals surface area contributed by atoms with Crippen LogP contribution in [0.5, 0.6) is 17.2 Å². The first kappa shape index (κ1) is 27.5. The highest BCUT2D eigenvalue weighted by Crippen LogP contribution is 2.47. The van der Waals surface area contributed by atoms with Crippen molar-refractivity contribution >= 4 is 11.9 Å². The fourth-order valence-corrected chi connectivity index (χ4v) is 5.93. The lowest BCUT2D eigenvalue weighted by Crippen LogP contribution is -2.40. The maximum Gasteiger partial charge on any atom is 0.309 e. The normalized spacial score (nSPS) is 20.9. The Kier molecular flexibility index (Phi) is 8.26. The van der Waals surface area contributed by atoms with Crippen LogP contribution in [0.1, 0.15) is 55.0 Å². The number of methoxy groups -OCH3 is 1. The molecule has 5 rings (SSSR count). The number of carboxylic acid groups (broad SMARTS) is 1. The predicted octanol–water partition coefficient (Wildman–Crippen LogP) is 5.17. The number of amides is 1. The van der Waals surface area contributed by atoms with Gasteiger partial charge in [-0.05, 0) is 53.3 Å². The van der Waals surface area contributed by atoms with Crippen molar-refractivity contribution in [3.8, 4) is 17.2 Å². The second-order valence-electron chi connectivity index (χ2n) is 10.9. The van der Waals surface area contributed by atoms with Gasteiger partial charge in [-0.15, -0.1) is 0 Å². The summed E-state index contributed by atoms with van der Waals surface area (Å²) in [7, 11) is 1.59. The van der Waals surface area contributed by atoms with Crippen molar-refractivity contribution in [2.75, 3.05) is 27.0 Å². The summed E-state index contributed by atoms with van der Waals surface area (Å²) in [6, 6.07) is 22.3. The van der Waals surface area contributed by atoms with Crippen molar-refractivity contribution in [1.82, 2.24) is 10.2 Å². The van der Waals surface area contributed by atoms with Crippen LogP contribution in [-0.2, 0) is 9.59 Å². The Morgan fingerprint density at radius 1 is 1.00 bits per heavy atom. The monoisotopic (exact) mass is 544 g/mol. The summed E-state index contributed by atoms with van der Waals surface area (Å²) in [4.78, 5) is 28.4. The van der Waals surface area contributed by atoms with E-state index in [0.717, 1.165) is 23.1 Å². The molecule has 210 valence electrons. The first-order chi connectivity index (χ1) is 19.3. The topological polar surface area (TPSA) is 97.3 Å². The molecule has 0 spiro atoms. The van der Waals surface area contributed by atoms with E-state index in [1.54, 1.807) is 7.11 Å². The van der Waals surface area contributed by atoms with Crippen LogP contribution in [0.4, 0.5) is 0 Å². The largest absolute Gasteiger partial charge is 0.497 e. The van der Waals surface area contributed by atoms with Crippen LogP contribution in [0.2, 0.25) is 0 Å². The zero-order valence-electron chi connectivity index (χ0n) is 23.1. The van der Waals surface area contributed by atoms with Crippen molar-refractivity contribution < 1.29 is 28.9 Å². The van der Waals surface area contributed by atoms with Gasteiger partial charge in [0, 0.05) is 18.5 Å². The van der Waals surface area contributed by atoms with Crippen molar-refractivity contribution in [3.63, 3.8) is 0 Å². The molecule has 40 heavy (non-hydrogen) atoms. The molecular weight excluding hydrogens is 508 g/mol. The molecule has 3 aromatic carbocycles. The third kappa shape index (κ3) is 5.92. The van der Waals surface area contributed by atoms with Crippen LogP contribution in [0.15, 0.2) is 72.8 Å². The molecule has 1 amide bonds. The van der Waals surface area contributed by atoms with Gasteiger partial charge in [0.25, 0.3) is 0 Å². The lowest BCUT2D eigenvalue weighted by molar-refractivity contribution is -0.143. The molecule has 2 N–H and O–H groups in total. The van der Waals surface area contributed by atoms with Crippen molar-refractivity contribution in [2.24, 2.45) is 11.8 Å². The number of fused-ring (bicyclic) bond motifs is 1. The Hall–Kier alpha value is -4.04. The quantitative estimate of drug-likeness (QED) is 0.364. The van der Waals surface area contributed by atoms with E-state index in [9.17, 15) is 14.7 Å². The number of nitrogens with one attached hydrogen (secondary N) is 1. The number of hydrogen-bond donors (Lipinski definition) is 2. The van der Waals surface area contributed by atoms with Crippen LogP contribution >= 0.6 is 0 Å². The molecule has 1 saturated heterocycles. The molecule has 0 saturated carbocycles. The van der Waals surface area contributed by atoms with Gasteiger partial charge in [-0.2, -0.15) is 0 Å². The van der Waals surface area contributed by atoms with Crippen molar-refractivity contribution in [1.29, 1.82) is 0 Å². The van der Waals surface area contributed by atoms with Gasteiger partial charge in [0.05, 0.1) is 25.6 Å². The molecule has 2 heterocycles. The Morgan fingerprint density at radius 3 is 2.38 bits per heavy atom. The van der Waals surface area contributed by atoms with E-state index in [0.29, 0.717) is 29.7 Å². The molecule has 2 aliphatic rings. The van der Waals surface area contributed by atoms with Crippen molar-refractivity contribution in [2.45, 2.75) is 38.3 Å². The van der Waals surface area contributed by atoms with Gasteiger partial charge in [-0.1, -0.05) is 62.4 Å². The summed E-state index contributed by atoms with van der Waals surface area (Å²) in [6.07, 6.45) is 0.801. The number of carboxylic acids is 1. The van der Waals surface area contributed by atoms with Gasteiger partial charge in [0.2, 0.25) is 12.7 Å². The summed E-state index contributed by atoms with van der Waals surface area (Å²) < 4.78 is 16.4. The zero-order valence-corrected chi connectivity index (χ0v) is 23.1. The number of ether oxygens (including phenoxy) is 3. The predicted molar refractivity (Wildman–Crippen MR) is 151 cm³/mol. The number of likely N-dealkylation sites (tertiary alicyclic amines) is 1. The number of benzene rings is 3. The van der Waals surface area contributed by atoms with Gasteiger partial charge >= 0.3 is 5.97 Å². The third-order valence-electron chi connectivity index (χ3n) is 7.76. The van der Waals surface area contributed by atoms with Crippen LogP contribution < -0.4 is 19.5 Å². The molecule has 0 aliphatic carbocycles. The fourth-order valence-electron chi connectivity index (χ4n) is 5.93. The summed E-state index contributed by atoms with van der Waals surface area (Å²) in [5.74, 6) is 0.152. The van der Waals surface area contributed by atoms with Crippen LogP contribution in [0.3, 0.4) is 0 Å². The summed E-state index contributed by atoms with van der Waals surface area (Å²) in [5.41, 5.74) is 2.73. The number of carbonyl (C=O) groups excluding carboxylic acids is 1. The molecule has 0 aromatic heterocycles. The van der Waals surface area contributed by atoms with Gasteiger partial charge in [0.1, 0.15) is 5.75 Å². The molecular formula is C32H36N2O6. The number of aliphatic carboxylic acids is 1. The summed E-state index contributed by atoms with van der Waals surface area (Å²) >= 11 is 0. The molecule has 1 fully saturated rings. The highest BCUT2D eigenvalue weighted by atomic mass is 16.7. The molecule has 0 radical (unpaired) electrons. The van der Waals surface area contributed by atoms with Gasteiger partial charge in [-0.3, -0.25) is 14.5 Å². The highest BCUT2D eigenvalue weighted by molar-refractivity contribution is 5.79. The summed E-state index contributed by atoms with van der Waals surface area (Å²) in [5, 5.41) is 13.7. The number of rotatable bonds is 10. The van der Waals surface area contributed by atoms with E-state index in [2.05, 4.69) is 19.2 Å². The van der Waals surface area contributed by atoms with Gasteiger partial charge in [-0.25, -0.2) is 0 Å². The Bertz CT molecular complexity index is 1330. The minimum atomic E-state index is -0.909. The second kappa shape index (κ2) is 12.0. The van der Waals surface area contributed by atoms with Gasteiger partial charge in [0.15, 0.2) is 11.5 Å². The number of nitrogens with zero attached hydrogens (tertiary/aromatic N) is 1. The molecule has 8 heteroatoms. The maximum absolute atomic E-state index is 13.6. The van der Waals surface area contributed by atoms with E-state index < -0.39 is 17.9 Å². The Balaban J connectivity index is 1.45. The van der Waals surface area contributed by atoms with E-state index in [-0.39, 0.29) is 31.2 Å². The van der Waals surface area contributed by atoms with E-state index in [4.69, 9.17) is 14.2 Å². The SMILES string of the molecule is COc1ccc([C@H]2[C@H](C(=O)O)[C@@H](c3ccc4c(c3)OCO4)CN2CC(=O)NC(CC(C)C)c2ccccc2)cc1. The second-order valence-corrected chi connectivity index (χ2v) is 10.9. The van der Waals surface area contributed by atoms with E-state index in [1.807, 2.05) is 77.7 Å². The molecule has 4 atom stereocenters. The van der Waals surface area contributed by atoms with E-state index >= 15 is 0 Å². The highest BCUT2D eigenvalue weighted by Gasteiger charge is 2.48. The van der Waals surface area contributed by atoms with Gasteiger partial charge < -0.3 is 24.6 Å². The lowest BCUT2D eigenvalue weighted by Gasteiger charge is -2.28. The van der Waals surface area contributed by atoms with E-state index in [1.165, 1.54) is 0 Å². The minimum absolute atomic E-state index is 0.0724. The average molecular weight is 545 g/mol. The zero-order chi connectivity index (χ0) is 28.2. The van der Waals surface area contributed by atoms with Crippen LogP contribution in [0, 0.1) is 11.8 Å². The molecule has 3 aromatic rings. The maximum atomic E-state index is 13.6. The standard InChI is InChI=1S/C32H36N2O6/c1-20(2)15-26(21-7-5-4-6-8-21)33-29(35)18-34-17-25(23-11-14-27-28(16-23)40-19-39-27)30(32(36)37)31(34)22-9-12-24(38-3)13-10-22/h4-14,16,20,25-26,30-31H,15,17-19H2,1-3H3,(H,33,35)(H,36,37)/t25-,26?,30-,31+/m1/s1. The molecule has 0 bridgehead atoms. The Labute approximate surface area is 234 Å². The molecule has 1 unspecified atom stereocenters. The third-order valence-corrected chi connectivity index (χ3v) is 7.76. The first-order valence-corrected chi connectivity index (χ1v) is 13.7. The number of carbonyl (C=O) groups is 2. The molecule has 8 nitrogen and oxygen atoms in total. The summed E-state index contributed by atoms with van der Waals surface area (Å²) in [6.45, 7) is 4.89. The van der Waals surface area contributed by atoms with Crippen LogP contribution in [0.25, 0.3) is 0 Å². The van der Waals surface area contributed by atoms with Crippen LogP contribution in [-0.4, -0.2) is 48.9 Å². The number of hydrogen-bond acceptors (Lipinski definition) is 6. The molecule has 2 aliphatic heterocycles. The minimum Gasteiger partial charge on any atom is -0.497 e. The van der Waals surface area contributed by atoms with Crippen molar-refractivity contribution in [3.05, 3.63) is 89.5 Å². The average Bonchev–Trinajstić information content (AvgIpc) is 3.57. The Morgan fingerprint density at radius 2 is 1.70 bits per heavy atom. The lowest BCUT2D eigenvalue weighted by atomic mass is 9.82. The fraction of sp³-hybridized carbons (Fsp3) is 0.375.